The summed E-state index contributed by atoms with van der Waals surface area (Å²) in [6.07, 6.45) is 1.79. The normalized spacial score (nSPS) is 20.0. The summed E-state index contributed by atoms with van der Waals surface area (Å²) in [5.41, 5.74) is 1.10. The van der Waals surface area contributed by atoms with Gasteiger partial charge in [-0.25, -0.2) is 0 Å². The van der Waals surface area contributed by atoms with Crippen molar-refractivity contribution in [2.24, 2.45) is 0 Å². The summed E-state index contributed by atoms with van der Waals surface area (Å²) in [7, 11) is 1.91. The highest BCUT2D eigenvalue weighted by atomic mass is 79.9. The van der Waals surface area contributed by atoms with E-state index in [0.717, 1.165) is 42.6 Å². The van der Waals surface area contributed by atoms with Crippen LogP contribution in [0, 0.1) is 0 Å². The van der Waals surface area contributed by atoms with E-state index in [0.29, 0.717) is 0 Å². The number of benzene rings is 1. The third-order valence-corrected chi connectivity index (χ3v) is 3.85. The number of hydrogen-bond acceptors (Lipinski definition) is 3. The van der Waals surface area contributed by atoms with Gasteiger partial charge < -0.3 is 15.5 Å². The average Bonchev–Trinajstić information content (AvgIpc) is 2.58. The molecule has 104 valence electrons. The predicted octanol–water partition coefficient (Wildman–Crippen LogP) is 1.75. The molecule has 0 aliphatic carbocycles. The van der Waals surface area contributed by atoms with Crippen LogP contribution in [0.1, 0.15) is 12.8 Å². The SMILES string of the molecule is CNCCC1C(=O)NCCCN1c1cccc(Br)c1. The van der Waals surface area contributed by atoms with Gasteiger partial charge in [0, 0.05) is 23.2 Å². The molecule has 1 aromatic carbocycles. The molecular formula is C14H20BrN3O. The third kappa shape index (κ3) is 3.70. The van der Waals surface area contributed by atoms with Crippen LogP contribution in [-0.2, 0) is 4.79 Å². The van der Waals surface area contributed by atoms with Crippen LogP contribution in [0.5, 0.6) is 0 Å². The fourth-order valence-corrected chi connectivity index (χ4v) is 2.80. The summed E-state index contributed by atoms with van der Waals surface area (Å²) in [4.78, 5) is 14.4. The Kier molecular flexibility index (Phi) is 5.22. The molecule has 1 amide bonds. The minimum absolute atomic E-state index is 0.0933. The Morgan fingerprint density at radius 3 is 3.11 bits per heavy atom. The van der Waals surface area contributed by atoms with Crippen molar-refractivity contribution in [2.75, 3.05) is 31.6 Å². The minimum Gasteiger partial charge on any atom is -0.359 e. The monoisotopic (exact) mass is 325 g/mol. The summed E-state index contributed by atoms with van der Waals surface area (Å²) >= 11 is 3.50. The summed E-state index contributed by atoms with van der Waals surface area (Å²) in [5.74, 6) is 0.132. The molecular weight excluding hydrogens is 306 g/mol. The summed E-state index contributed by atoms with van der Waals surface area (Å²) in [6.45, 7) is 2.51. The van der Waals surface area contributed by atoms with Crippen LogP contribution in [0.4, 0.5) is 5.69 Å². The summed E-state index contributed by atoms with van der Waals surface area (Å²) in [6, 6.07) is 8.06. The Labute approximate surface area is 122 Å². The van der Waals surface area contributed by atoms with E-state index in [-0.39, 0.29) is 11.9 Å². The van der Waals surface area contributed by atoms with Crippen molar-refractivity contribution in [3.63, 3.8) is 0 Å². The molecule has 1 aliphatic rings. The summed E-state index contributed by atoms with van der Waals surface area (Å²) < 4.78 is 1.04. The first-order valence-corrected chi connectivity index (χ1v) is 7.46. The molecule has 0 radical (unpaired) electrons. The summed E-state index contributed by atoms with van der Waals surface area (Å²) in [5, 5.41) is 6.12. The Bertz CT molecular complexity index is 438. The minimum atomic E-state index is -0.0933. The highest BCUT2D eigenvalue weighted by Crippen LogP contribution is 2.24. The van der Waals surface area contributed by atoms with E-state index in [9.17, 15) is 4.79 Å². The van der Waals surface area contributed by atoms with Gasteiger partial charge in [0.1, 0.15) is 6.04 Å². The van der Waals surface area contributed by atoms with Gasteiger partial charge in [-0.15, -0.1) is 0 Å². The van der Waals surface area contributed by atoms with Gasteiger partial charge in [0.2, 0.25) is 5.91 Å². The number of carbonyl (C=O) groups is 1. The van der Waals surface area contributed by atoms with E-state index >= 15 is 0 Å². The van der Waals surface area contributed by atoms with Crippen LogP contribution >= 0.6 is 15.9 Å². The first kappa shape index (κ1) is 14.3. The van der Waals surface area contributed by atoms with Crippen LogP contribution in [-0.4, -0.2) is 38.6 Å². The first-order chi connectivity index (χ1) is 9.22. The zero-order valence-corrected chi connectivity index (χ0v) is 12.7. The van der Waals surface area contributed by atoms with Gasteiger partial charge in [-0.1, -0.05) is 22.0 Å². The van der Waals surface area contributed by atoms with Crippen LogP contribution in [0.2, 0.25) is 0 Å². The second-order valence-electron chi connectivity index (χ2n) is 4.73. The Hall–Kier alpha value is -1.07. The second kappa shape index (κ2) is 6.91. The maximum Gasteiger partial charge on any atom is 0.242 e. The highest BCUT2D eigenvalue weighted by molar-refractivity contribution is 9.10. The molecule has 19 heavy (non-hydrogen) atoms. The van der Waals surface area contributed by atoms with Gasteiger partial charge in [0.15, 0.2) is 0 Å². The molecule has 1 aromatic rings. The second-order valence-corrected chi connectivity index (χ2v) is 5.64. The van der Waals surface area contributed by atoms with E-state index in [1.807, 2.05) is 19.2 Å². The number of nitrogens with one attached hydrogen (secondary N) is 2. The van der Waals surface area contributed by atoms with Crippen LogP contribution in [0.25, 0.3) is 0 Å². The molecule has 4 nitrogen and oxygen atoms in total. The largest absolute Gasteiger partial charge is 0.359 e. The van der Waals surface area contributed by atoms with Crippen molar-refractivity contribution in [1.29, 1.82) is 0 Å². The molecule has 0 aromatic heterocycles. The molecule has 1 aliphatic heterocycles. The van der Waals surface area contributed by atoms with Crippen molar-refractivity contribution in [1.82, 2.24) is 10.6 Å². The standard InChI is InChI=1S/C14H20BrN3O/c1-16-8-6-13-14(19)17-7-3-9-18(13)12-5-2-4-11(15)10-12/h2,4-5,10,13,16H,3,6-9H2,1H3,(H,17,19). The van der Waals surface area contributed by atoms with E-state index in [4.69, 9.17) is 0 Å². The lowest BCUT2D eigenvalue weighted by atomic mass is 10.1. The van der Waals surface area contributed by atoms with E-state index in [2.05, 4.69) is 43.6 Å². The van der Waals surface area contributed by atoms with Crippen LogP contribution < -0.4 is 15.5 Å². The van der Waals surface area contributed by atoms with Gasteiger partial charge in [-0.3, -0.25) is 4.79 Å². The maximum atomic E-state index is 12.2. The molecule has 1 saturated heterocycles. The topological polar surface area (TPSA) is 44.4 Å². The van der Waals surface area contributed by atoms with E-state index in [1.54, 1.807) is 0 Å². The van der Waals surface area contributed by atoms with Crippen molar-refractivity contribution >= 4 is 27.5 Å². The Balaban J connectivity index is 2.24. The fourth-order valence-electron chi connectivity index (χ4n) is 2.41. The van der Waals surface area contributed by atoms with Crippen molar-refractivity contribution in [3.8, 4) is 0 Å². The third-order valence-electron chi connectivity index (χ3n) is 3.36. The maximum absolute atomic E-state index is 12.2. The van der Waals surface area contributed by atoms with Crippen LogP contribution in [0.3, 0.4) is 0 Å². The lowest BCUT2D eigenvalue weighted by Crippen LogP contribution is -2.45. The average molecular weight is 326 g/mol. The molecule has 1 fully saturated rings. The number of anilines is 1. The van der Waals surface area contributed by atoms with Crippen LogP contribution in [0.15, 0.2) is 28.7 Å². The molecule has 0 spiro atoms. The molecule has 1 unspecified atom stereocenters. The molecule has 1 atom stereocenters. The number of nitrogens with zero attached hydrogens (tertiary/aromatic N) is 1. The molecule has 0 saturated carbocycles. The lowest BCUT2D eigenvalue weighted by Gasteiger charge is -2.30. The first-order valence-electron chi connectivity index (χ1n) is 6.67. The van der Waals surface area contributed by atoms with E-state index in [1.165, 1.54) is 0 Å². The quantitative estimate of drug-likeness (QED) is 0.886. The number of hydrogen-bond donors (Lipinski definition) is 2. The van der Waals surface area contributed by atoms with Gasteiger partial charge in [0.05, 0.1) is 0 Å². The smallest absolute Gasteiger partial charge is 0.242 e. The Morgan fingerprint density at radius 2 is 2.37 bits per heavy atom. The van der Waals surface area contributed by atoms with Crippen molar-refractivity contribution in [2.45, 2.75) is 18.9 Å². The van der Waals surface area contributed by atoms with Crippen molar-refractivity contribution < 1.29 is 4.79 Å². The number of amides is 1. The molecule has 0 bridgehead atoms. The molecule has 5 heteroatoms. The van der Waals surface area contributed by atoms with Gasteiger partial charge in [-0.05, 0) is 44.6 Å². The number of rotatable bonds is 4. The van der Waals surface area contributed by atoms with Crippen molar-refractivity contribution in [3.05, 3.63) is 28.7 Å². The molecule has 2 rings (SSSR count). The number of halogens is 1. The van der Waals surface area contributed by atoms with Gasteiger partial charge >= 0.3 is 0 Å². The predicted molar refractivity (Wildman–Crippen MR) is 81.4 cm³/mol. The molecule has 2 N–H and O–H groups in total. The fraction of sp³-hybridized carbons (Fsp3) is 0.500. The van der Waals surface area contributed by atoms with Gasteiger partial charge in [-0.2, -0.15) is 0 Å². The Morgan fingerprint density at radius 1 is 1.53 bits per heavy atom. The molecule has 1 heterocycles. The van der Waals surface area contributed by atoms with Gasteiger partial charge in [0.25, 0.3) is 0 Å². The van der Waals surface area contributed by atoms with E-state index < -0.39 is 0 Å². The lowest BCUT2D eigenvalue weighted by molar-refractivity contribution is -0.122. The zero-order valence-electron chi connectivity index (χ0n) is 11.2. The zero-order chi connectivity index (χ0) is 13.7. The highest BCUT2D eigenvalue weighted by Gasteiger charge is 2.27. The number of carbonyl (C=O) groups excluding carboxylic acids is 1.